The Bertz CT molecular complexity index is 684. The van der Waals surface area contributed by atoms with Crippen LogP contribution in [0.5, 0.6) is 0 Å². The fourth-order valence-corrected chi connectivity index (χ4v) is 3.16. The van der Waals surface area contributed by atoms with Gasteiger partial charge in [0.1, 0.15) is 11.4 Å². The van der Waals surface area contributed by atoms with Crippen LogP contribution in [0.3, 0.4) is 0 Å². The van der Waals surface area contributed by atoms with E-state index in [0.29, 0.717) is 30.8 Å². The Morgan fingerprint density at radius 1 is 1.42 bits per heavy atom. The first-order valence-corrected chi connectivity index (χ1v) is 7.85. The van der Waals surface area contributed by atoms with Crippen molar-refractivity contribution in [2.24, 2.45) is 5.41 Å². The number of nitro groups is 1. The van der Waals surface area contributed by atoms with Crippen molar-refractivity contribution in [2.45, 2.75) is 46.6 Å². The first-order valence-electron chi connectivity index (χ1n) is 7.85. The quantitative estimate of drug-likeness (QED) is 0.642. The Morgan fingerprint density at radius 2 is 2.08 bits per heavy atom. The largest absolute Gasteiger partial charge is 0.481 e. The average molecular weight is 338 g/mol. The maximum Gasteiger partial charge on any atom is 0.312 e. The molecule has 0 radical (unpaired) electrons. The van der Waals surface area contributed by atoms with Gasteiger partial charge in [-0.15, -0.1) is 0 Å². The molecule has 0 spiro atoms. The van der Waals surface area contributed by atoms with Gasteiger partial charge in [-0.25, -0.2) is 0 Å². The number of carboxylic acids is 1. The summed E-state index contributed by atoms with van der Waals surface area (Å²) in [6, 6.07) is 0. The SMILES string of the molecule is Cc1nn(CCC(=O)N2CCCC(C)(C(=O)O)C2)c(C)c1[N+](=O)[O-]. The second-order valence-electron chi connectivity index (χ2n) is 6.53. The number of aryl methyl sites for hydroxylation is 2. The number of nitrogens with zero attached hydrogens (tertiary/aromatic N) is 4. The second kappa shape index (κ2) is 6.58. The van der Waals surface area contributed by atoms with Gasteiger partial charge in [0.25, 0.3) is 0 Å². The molecular formula is C15H22N4O5. The third kappa shape index (κ3) is 3.39. The summed E-state index contributed by atoms with van der Waals surface area (Å²) in [5.41, 5.74) is -0.204. The molecule has 9 heteroatoms. The van der Waals surface area contributed by atoms with Crippen molar-refractivity contribution in [1.82, 2.24) is 14.7 Å². The first kappa shape index (κ1) is 17.9. The number of aliphatic carboxylic acids is 1. The highest BCUT2D eigenvalue weighted by Gasteiger charge is 2.39. The van der Waals surface area contributed by atoms with E-state index in [4.69, 9.17) is 0 Å². The Hall–Kier alpha value is -2.45. The lowest BCUT2D eigenvalue weighted by Gasteiger charge is -2.37. The van der Waals surface area contributed by atoms with Gasteiger partial charge in [-0.3, -0.25) is 24.4 Å². The molecule has 0 bridgehead atoms. The summed E-state index contributed by atoms with van der Waals surface area (Å²) in [4.78, 5) is 35.8. The van der Waals surface area contributed by atoms with E-state index >= 15 is 0 Å². The number of rotatable bonds is 5. The van der Waals surface area contributed by atoms with Crippen molar-refractivity contribution in [3.63, 3.8) is 0 Å². The van der Waals surface area contributed by atoms with Crippen molar-refractivity contribution < 1.29 is 19.6 Å². The lowest BCUT2D eigenvalue weighted by Crippen LogP contribution is -2.48. The molecule has 24 heavy (non-hydrogen) atoms. The highest BCUT2D eigenvalue weighted by molar-refractivity contribution is 5.79. The standard InChI is InChI=1S/C15H22N4O5/c1-10-13(19(23)24)11(2)18(16-10)8-5-12(20)17-7-4-6-15(3,9-17)14(21)22/h4-9H2,1-3H3,(H,21,22). The molecule has 0 aliphatic carbocycles. The molecule has 1 saturated heterocycles. The summed E-state index contributed by atoms with van der Waals surface area (Å²) in [5, 5.41) is 24.4. The van der Waals surface area contributed by atoms with Crippen LogP contribution in [-0.2, 0) is 16.1 Å². The summed E-state index contributed by atoms with van der Waals surface area (Å²) in [7, 11) is 0. The summed E-state index contributed by atoms with van der Waals surface area (Å²) in [6.45, 7) is 5.79. The molecule has 1 fully saturated rings. The molecule has 2 rings (SSSR count). The molecule has 1 N–H and O–H groups in total. The zero-order valence-corrected chi connectivity index (χ0v) is 14.1. The zero-order chi connectivity index (χ0) is 18.1. The molecule has 1 atom stereocenters. The molecule has 1 aromatic rings. The van der Waals surface area contributed by atoms with E-state index in [0.717, 1.165) is 0 Å². The van der Waals surface area contributed by atoms with Gasteiger partial charge >= 0.3 is 11.7 Å². The van der Waals surface area contributed by atoms with Crippen LogP contribution < -0.4 is 0 Å². The van der Waals surface area contributed by atoms with Crippen LogP contribution in [0.4, 0.5) is 5.69 Å². The molecule has 1 aliphatic heterocycles. The normalized spacial score (nSPS) is 20.9. The van der Waals surface area contributed by atoms with Gasteiger partial charge in [-0.2, -0.15) is 5.10 Å². The Balaban J connectivity index is 2.02. The highest BCUT2D eigenvalue weighted by atomic mass is 16.6. The molecule has 0 aromatic carbocycles. The van der Waals surface area contributed by atoms with Crippen LogP contribution in [0, 0.1) is 29.4 Å². The van der Waals surface area contributed by atoms with E-state index in [1.54, 1.807) is 25.7 Å². The Morgan fingerprint density at radius 3 is 2.62 bits per heavy atom. The average Bonchev–Trinajstić information content (AvgIpc) is 2.79. The van der Waals surface area contributed by atoms with E-state index in [-0.39, 0.29) is 31.1 Å². The smallest absolute Gasteiger partial charge is 0.312 e. The van der Waals surface area contributed by atoms with Gasteiger partial charge in [0, 0.05) is 19.5 Å². The number of aromatic nitrogens is 2. The summed E-state index contributed by atoms with van der Waals surface area (Å²) >= 11 is 0. The number of amides is 1. The molecule has 132 valence electrons. The molecule has 1 aliphatic rings. The highest BCUT2D eigenvalue weighted by Crippen LogP contribution is 2.30. The van der Waals surface area contributed by atoms with Gasteiger partial charge < -0.3 is 10.0 Å². The minimum absolute atomic E-state index is 0.0288. The number of carbonyl (C=O) groups is 2. The number of likely N-dealkylation sites (tertiary alicyclic amines) is 1. The number of carbonyl (C=O) groups excluding carboxylic acids is 1. The lowest BCUT2D eigenvalue weighted by molar-refractivity contribution is -0.386. The van der Waals surface area contributed by atoms with E-state index in [2.05, 4.69) is 5.10 Å². The Labute approximate surface area is 139 Å². The van der Waals surface area contributed by atoms with Gasteiger partial charge in [0.15, 0.2) is 0 Å². The number of piperidine rings is 1. The van der Waals surface area contributed by atoms with E-state index < -0.39 is 16.3 Å². The molecule has 1 aromatic heterocycles. The van der Waals surface area contributed by atoms with Gasteiger partial charge in [-0.1, -0.05) is 0 Å². The summed E-state index contributed by atoms with van der Waals surface area (Å²) in [5.74, 6) is -1.05. The van der Waals surface area contributed by atoms with Crippen LogP contribution in [0.25, 0.3) is 0 Å². The maximum atomic E-state index is 12.4. The van der Waals surface area contributed by atoms with Crippen molar-refractivity contribution >= 4 is 17.6 Å². The van der Waals surface area contributed by atoms with E-state index in [1.807, 2.05) is 0 Å². The predicted octanol–water partition coefficient (Wildman–Crippen LogP) is 1.51. The molecule has 2 heterocycles. The minimum Gasteiger partial charge on any atom is -0.481 e. The molecule has 9 nitrogen and oxygen atoms in total. The predicted molar refractivity (Wildman–Crippen MR) is 84.5 cm³/mol. The fourth-order valence-electron chi connectivity index (χ4n) is 3.16. The van der Waals surface area contributed by atoms with Gasteiger partial charge in [0.05, 0.1) is 16.9 Å². The van der Waals surface area contributed by atoms with Crippen LogP contribution in [0.15, 0.2) is 0 Å². The zero-order valence-electron chi connectivity index (χ0n) is 14.1. The third-order valence-electron chi connectivity index (χ3n) is 4.63. The summed E-state index contributed by atoms with van der Waals surface area (Å²) < 4.78 is 1.46. The second-order valence-corrected chi connectivity index (χ2v) is 6.53. The van der Waals surface area contributed by atoms with Crippen molar-refractivity contribution in [3.8, 4) is 0 Å². The van der Waals surface area contributed by atoms with Crippen molar-refractivity contribution in [1.29, 1.82) is 0 Å². The summed E-state index contributed by atoms with van der Waals surface area (Å²) in [6.07, 6.45) is 1.34. The van der Waals surface area contributed by atoms with Gasteiger partial charge in [-0.05, 0) is 33.6 Å². The lowest BCUT2D eigenvalue weighted by atomic mass is 9.82. The topological polar surface area (TPSA) is 119 Å². The Kier molecular flexibility index (Phi) is 4.91. The van der Waals surface area contributed by atoms with Crippen LogP contribution in [0.1, 0.15) is 37.6 Å². The van der Waals surface area contributed by atoms with Crippen LogP contribution >= 0.6 is 0 Å². The monoisotopic (exact) mass is 338 g/mol. The number of carboxylic acid groups (broad SMARTS) is 1. The first-order chi connectivity index (χ1) is 11.2. The van der Waals surface area contributed by atoms with Crippen LogP contribution in [0.2, 0.25) is 0 Å². The van der Waals surface area contributed by atoms with Crippen molar-refractivity contribution in [3.05, 3.63) is 21.5 Å². The minimum atomic E-state index is -0.912. The van der Waals surface area contributed by atoms with Crippen molar-refractivity contribution in [2.75, 3.05) is 13.1 Å². The van der Waals surface area contributed by atoms with E-state index in [1.165, 1.54) is 4.68 Å². The number of hydrogen-bond donors (Lipinski definition) is 1. The number of hydrogen-bond acceptors (Lipinski definition) is 5. The van der Waals surface area contributed by atoms with Crippen LogP contribution in [-0.4, -0.2) is 49.7 Å². The van der Waals surface area contributed by atoms with E-state index in [9.17, 15) is 24.8 Å². The fraction of sp³-hybridized carbons (Fsp3) is 0.667. The van der Waals surface area contributed by atoms with Gasteiger partial charge in [0.2, 0.25) is 5.91 Å². The third-order valence-corrected chi connectivity index (χ3v) is 4.63. The molecule has 1 amide bonds. The molecule has 0 saturated carbocycles. The molecular weight excluding hydrogens is 316 g/mol. The maximum absolute atomic E-state index is 12.4. The molecule has 1 unspecified atom stereocenters.